The summed E-state index contributed by atoms with van der Waals surface area (Å²) in [6, 6.07) is 10.4. The van der Waals surface area contributed by atoms with Crippen LogP contribution in [0.15, 0.2) is 35.7 Å². The molecule has 26 heavy (non-hydrogen) atoms. The number of nitrogens with zero attached hydrogens (tertiary/aromatic N) is 1. The van der Waals surface area contributed by atoms with Gasteiger partial charge in [-0.3, -0.25) is 14.5 Å². The lowest BCUT2D eigenvalue weighted by atomic mass is 10.1. The smallest absolute Gasteiger partial charge is 0.243 e. The number of anilines is 1. The molecule has 2 amide bonds. The van der Waals surface area contributed by atoms with Crippen molar-refractivity contribution in [2.24, 2.45) is 0 Å². The van der Waals surface area contributed by atoms with Gasteiger partial charge < -0.3 is 10.6 Å². The number of likely N-dealkylation sites (tertiary alicyclic amines) is 1. The van der Waals surface area contributed by atoms with Crippen LogP contribution in [0.5, 0.6) is 0 Å². The number of nitrogens with one attached hydrogen (secondary N) is 2. The Balaban J connectivity index is 1.49. The number of benzene rings is 1. The van der Waals surface area contributed by atoms with E-state index in [0.29, 0.717) is 12.6 Å². The van der Waals surface area contributed by atoms with Crippen molar-refractivity contribution in [1.82, 2.24) is 10.2 Å². The highest BCUT2D eigenvalue weighted by atomic mass is 32.1. The summed E-state index contributed by atoms with van der Waals surface area (Å²) >= 11 is 1.74. The molecular formula is C20H25N3O2S. The van der Waals surface area contributed by atoms with E-state index in [2.05, 4.69) is 33.0 Å². The normalized spacial score (nSPS) is 17.2. The summed E-state index contributed by atoms with van der Waals surface area (Å²) in [7, 11) is 0. The maximum absolute atomic E-state index is 12.3. The summed E-state index contributed by atoms with van der Waals surface area (Å²) in [4.78, 5) is 28.0. The maximum atomic E-state index is 12.3. The van der Waals surface area contributed by atoms with Gasteiger partial charge in [-0.2, -0.15) is 0 Å². The van der Waals surface area contributed by atoms with Crippen LogP contribution in [-0.4, -0.2) is 36.3 Å². The fourth-order valence-corrected chi connectivity index (χ4v) is 4.33. The van der Waals surface area contributed by atoms with Gasteiger partial charge in [-0.1, -0.05) is 24.3 Å². The van der Waals surface area contributed by atoms with Crippen LogP contribution in [0.3, 0.4) is 0 Å². The van der Waals surface area contributed by atoms with Crippen molar-refractivity contribution in [2.75, 3.05) is 25.0 Å². The minimum Gasteiger partial charge on any atom is -0.346 e. The first-order chi connectivity index (χ1) is 12.5. The van der Waals surface area contributed by atoms with Gasteiger partial charge in [0, 0.05) is 16.6 Å². The van der Waals surface area contributed by atoms with E-state index < -0.39 is 0 Å². The standard InChI is InChI=1S/C20H25N3O2S/c1-14-6-3-7-15(2)20(14)22-18(24)12-21-19(25)13-23-10-4-8-16(23)17-9-5-11-26-17/h3,5-7,9,11,16H,4,8,10,12-13H2,1-2H3,(H,21,25)(H,22,24). The third-order valence-corrected chi connectivity index (χ3v) is 5.75. The van der Waals surface area contributed by atoms with Crippen molar-refractivity contribution >= 4 is 28.8 Å². The molecule has 1 aliphatic heterocycles. The maximum Gasteiger partial charge on any atom is 0.243 e. The molecule has 0 bridgehead atoms. The van der Waals surface area contributed by atoms with Crippen molar-refractivity contribution in [3.05, 3.63) is 51.7 Å². The van der Waals surface area contributed by atoms with Crippen LogP contribution in [-0.2, 0) is 9.59 Å². The van der Waals surface area contributed by atoms with E-state index in [9.17, 15) is 9.59 Å². The lowest BCUT2D eigenvalue weighted by Crippen LogP contribution is -2.40. The van der Waals surface area contributed by atoms with Gasteiger partial charge in [-0.05, 0) is 55.8 Å². The van der Waals surface area contributed by atoms with Crippen LogP contribution >= 0.6 is 11.3 Å². The van der Waals surface area contributed by atoms with Gasteiger partial charge >= 0.3 is 0 Å². The lowest BCUT2D eigenvalue weighted by molar-refractivity contribution is -0.125. The molecule has 1 aliphatic rings. The van der Waals surface area contributed by atoms with Crippen LogP contribution in [0.1, 0.15) is 34.9 Å². The first kappa shape index (κ1) is 18.6. The zero-order chi connectivity index (χ0) is 18.5. The number of rotatable bonds is 6. The molecule has 5 nitrogen and oxygen atoms in total. The van der Waals surface area contributed by atoms with Gasteiger partial charge in [0.15, 0.2) is 0 Å². The summed E-state index contributed by atoms with van der Waals surface area (Å²) in [5.74, 6) is -0.308. The number of para-hydroxylation sites is 1. The minimum atomic E-state index is -0.202. The fraction of sp³-hybridized carbons (Fsp3) is 0.400. The minimum absolute atomic E-state index is 0.00981. The fourth-order valence-electron chi connectivity index (χ4n) is 3.43. The Kier molecular flexibility index (Phi) is 6.06. The number of amides is 2. The van der Waals surface area contributed by atoms with Crippen LogP contribution < -0.4 is 10.6 Å². The Morgan fingerprint density at radius 2 is 1.92 bits per heavy atom. The molecule has 0 radical (unpaired) electrons. The molecule has 1 aromatic heterocycles. The molecule has 138 valence electrons. The second-order valence-electron chi connectivity index (χ2n) is 6.74. The van der Waals surface area contributed by atoms with Crippen LogP contribution in [0.4, 0.5) is 5.69 Å². The second-order valence-corrected chi connectivity index (χ2v) is 7.71. The number of aryl methyl sites for hydroxylation is 2. The van der Waals surface area contributed by atoms with Crippen molar-refractivity contribution < 1.29 is 9.59 Å². The van der Waals surface area contributed by atoms with Crippen molar-refractivity contribution in [3.63, 3.8) is 0 Å². The average molecular weight is 372 g/mol. The average Bonchev–Trinajstić information content (AvgIpc) is 3.27. The van der Waals surface area contributed by atoms with Crippen molar-refractivity contribution in [3.8, 4) is 0 Å². The van der Waals surface area contributed by atoms with Crippen molar-refractivity contribution in [2.45, 2.75) is 32.7 Å². The molecule has 0 aliphatic carbocycles. The van der Waals surface area contributed by atoms with E-state index in [0.717, 1.165) is 36.2 Å². The Hall–Kier alpha value is -2.18. The van der Waals surface area contributed by atoms with E-state index in [4.69, 9.17) is 0 Å². The Labute approximate surface area is 158 Å². The Morgan fingerprint density at radius 3 is 2.62 bits per heavy atom. The number of carbonyl (C=O) groups is 2. The highest BCUT2D eigenvalue weighted by Gasteiger charge is 2.28. The van der Waals surface area contributed by atoms with Crippen LogP contribution in [0.25, 0.3) is 0 Å². The summed E-state index contributed by atoms with van der Waals surface area (Å²) in [5, 5.41) is 7.71. The highest BCUT2D eigenvalue weighted by Crippen LogP contribution is 2.33. The van der Waals surface area contributed by atoms with E-state index in [1.807, 2.05) is 32.0 Å². The summed E-state index contributed by atoms with van der Waals surface area (Å²) in [5.41, 5.74) is 2.85. The molecule has 0 spiro atoms. The van der Waals surface area contributed by atoms with Crippen LogP contribution in [0, 0.1) is 13.8 Å². The van der Waals surface area contributed by atoms with E-state index in [1.54, 1.807) is 11.3 Å². The van der Waals surface area contributed by atoms with Gasteiger partial charge in [0.1, 0.15) is 0 Å². The molecule has 1 fully saturated rings. The van der Waals surface area contributed by atoms with Gasteiger partial charge in [0.25, 0.3) is 0 Å². The molecule has 0 saturated carbocycles. The molecule has 2 N–H and O–H groups in total. The third kappa shape index (κ3) is 4.51. The second kappa shape index (κ2) is 8.47. The largest absolute Gasteiger partial charge is 0.346 e. The summed E-state index contributed by atoms with van der Waals surface area (Å²) in [6.45, 7) is 5.16. The molecule has 2 heterocycles. The Bertz CT molecular complexity index is 753. The molecule has 3 rings (SSSR count). The molecule has 6 heteroatoms. The van der Waals surface area contributed by atoms with E-state index >= 15 is 0 Å². The third-order valence-electron chi connectivity index (χ3n) is 4.77. The number of hydrogen-bond acceptors (Lipinski definition) is 4. The van der Waals surface area contributed by atoms with Crippen molar-refractivity contribution in [1.29, 1.82) is 0 Å². The zero-order valence-electron chi connectivity index (χ0n) is 15.2. The van der Waals surface area contributed by atoms with Crippen LogP contribution in [0.2, 0.25) is 0 Å². The van der Waals surface area contributed by atoms with E-state index in [1.165, 1.54) is 4.88 Å². The zero-order valence-corrected chi connectivity index (χ0v) is 16.1. The topological polar surface area (TPSA) is 61.4 Å². The van der Waals surface area contributed by atoms with Gasteiger partial charge in [-0.25, -0.2) is 0 Å². The predicted octanol–water partition coefficient (Wildman–Crippen LogP) is 3.26. The lowest BCUT2D eigenvalue weighted by Gasteiger charge is -2.22. The molecule has 1 saturated heterocycles. The first-order valence-corrected chi connectivity index (χ1v) is 9.83. The molecule has 1 aromatic carbocycles. The highest BCUT2D eigenvalue weighted by molar-refractivity contribution is 7.10. The van der Waals surface area contributed by atoms with E-state index in [-0.39, 0.29) is 18.4 Å². The predicted molar refractivity (Wildman–Crippen MR) is 105 cm³/mol. The number of hydrogen-bond donors (Lipinski definition) is 2. The number of thiophene rings is 1. The molecule has 2 aromatic rings. The quantitative estimate of drug-likeness (QED) is 0.819. The van der Waals surface area contributed by atoms with Gasteiger partial charge in [-0.15, -0.1) is 11.3 Å². The Morgan fingerprint density at radius 1 is 1.15 bits per heavy atom. The van der Waals surface area contributed by atoms with Gasteiger partial charge in [0.05, 0.1) is 13.1 Å². The summed E-state index contributed by atoms with van der Waals surface area (Å²) < 4.78 is 0. The monoisotopic (exact) mass is 371 g/mol. The first-order valence-electron chi connectivity index (χ1n) is 8.95. The number of carbonyl (C=O) groups excluding carboxylic acids is 2. The van der Waals surface area contributed by atoms with Gasteiger partial charge in [0.2, 0.25) is 11.8 Å². The summed E-state index contributed by atoms with van der Waals surface area (Å²) in [6.07, 6.45) is 2.18. The SMILES string of the molecule is Cc1cccc(C)c1NC(=O)CNC(=O)CN1CCCC1c1cccs1. The molecular weight excluding hydrogens is 346 g/mol. The molecule has 1 atom stereocenters. The molecule has 1 unspecified atom stereocenters.